The Morgan fingerprint density at radius 3 is 2.34 bits per heavy atom. The molecule has 188 valence electrons. The number of hydrogen-bond acceptors (Lipinski definition) is 7. The van der Waals surface area contributed by atoms with E-state index in [2.05, 4.69) is 9.88 Å². The molecule has 0 radical (unpaired) electrons. The lowest BCUT2D eigenvalue weighted by Crippen LogP contribution is -2.36. The van der Waals surface area contributed by atoms with Gasteiger partial charge in [0.15, 0.2) is 9.84 Å². The van der Waals surface area contributed by atoms with Crippen LogP contribution in [0, 0.1) is 6.92 Å². The summed E-state index contributed by atoms with van der Waals surface area (Å²) in [5.41, 5.74) is 2.18. The lowest BCUT2D eigenvalue weighted by Gasteiger charge is -2.26. The molecule has 1 fully saturated rings. The van der Waals surface area contributed by atoms with Crippen molar-refractivity contribution in [3.63, 3.8) is 0 Å². The number of carbonyl (C=O) groups is 1. The predicted molar refractivity (Wildman–Crippen MR) is 134 cm³/mol. The molecule has 0 saturated carbocycles. The van der Waals surface area contributed by atoms with Crippen LogP contribution >= 0.6 is 12.4 Å². The van der Waals surface area contributed by atoms with Gasteiger partial charge < -0.3 is 14.3 Å². The Kier molecular flexibility index (Phi) is 9.07. The largest absolute Gasteiger partial charge is 0.478 e. The molecular formula is C25H29ClN2O6S. The average Bonchev–Trinajstić information content (AvgIpc) is 3.19. The van der Waals surface area contributed by atoms with Gasteiger partial charge in [-0.25, -0.2) is 18.2 Å². The molecule has 0 bridgehead atoms. The second-order valence-electron chi connectivity index (χ2n) is 8.37. The zero-order chi connectivity index (χ0) is 24.1. The SMILES string of the molecule is Cc1oc(-c2ccc(C(=O)O)cc2)nc1CS(=O)(=O)c1ccc(CCCN2CCOCC2)cc1.Cl. The number of sulfone groups is 1. The standard InChI is InChI=1S/C25H28N2O6S.ClH/c1-18-23(26-24(33-18)20-6-8-21(9-7-20)25(28)29)17-34(30,31)22-10-4-19(5-11-22)3-2-12-27-13-15-32-16-14-27;/h4-11H,2-3,12-17H2,1H3,(H,28,29);1H. The van der Waals surface area contributed by atoms with E-state index in [-0.39, 0.29) is 34.5 Å². The van der Waals surface area contributed by atoms with Crippen LogP contribution in [-0.4, -0.2) is 62.2 Å². The van der Waals surface area contributed by atoms with Gasteiger partial charge in [-0.2, -0.15) is 0 Å². The molecule has 0 spiro atoms. The Hall–Kier alpha value is -2.72. The highest BCUT2D eigenvalue weighted by Crippen LogP contribution is 2.25. The van der Waals surface area contributed by atoms with E-state index < -0.39 is 15.8 Å². The number of oxazole rings is 1. The number of aromatic carboxylic acids is 1. The quantitative estimate of drug-likeness (QED) is 0.450. The van der Waals surface area contributed by atoms with Crippen LogP contribution in [0.15, 0.2) is 57.8 Å². The van der Waals surface area contributed by atoms with Gasteiger partial charge >= 0.3 is 5.97 Å². The van der Waals surface area contributed by atoms with Crippen molar-refractivity contribution in [3.8, 4) is 11.5 Å². The van der Waals surface area contributed by atoms with E-state index >= 15 is 0 Å². The number of ether oxygens (including phenoxy) is 1. The van der Waals surface area contributed by atoms with Gasteiger partial charge in [-0.05, 0) is 68.3 Å². The Labute approximate surface area is 211 Å². The van der Waals surface area contributed by atoms with Crippen molar-refractivity contribution in [2.75, 3.05) is 32.8 Å². The molecule has 10 heteroatoms. The molecule has 0 aliphatic carbocycles. The summed E-state index contributed by atoms with van der Waals surface area (Å²) in [5.74, 6) is -0.618. The number of halogens is 1. The first-order valence-electron chi connectivity index (χ1n) is 11.2. The minimum atomic E-state index is -3.60. The number of morpholine rings is 1. The van der Waals surface area contributed by atoms with Crippen molar-refractivity contribution in [1.82, 2.24) is 9.88 Å². The van der Waals surface area contributed by atoms with E-state index in [0.717, 1.165) is 51.3 Å². The summed E-state index contributed by atoms with van der Waals surface area (Å²) in [4.78, 5) is 18.0. The monoisotopic (exact) mass is 520 g/mol. The van der Waals surface area contributed by atoms with Gasteiger partial charge in [0.2, 0.25) is 5.89 Å². The molecule has 4 rings (SSSR count). The highest BCUT2D eigenvalue weighted by atomic mass is 35.5. The van der Waals surface area contributed by atoms with Crippen molar-refractivity contribution in [1.29, 1.82) is 0 Å². The molecule has 1 N–H and O–H groups in total. The van der Waals surface area contributed by atoms with Crippen LogP contribution in [0.1, 0.15) is 33.8 Å². The molecule has 2 aromatic carbocycles. The Morgan fingerprint density at radius 2 is 1.71 bits per heavy atom. The maximum absolute atomic E-state index is 13.0. The Morgan fingerprint density at radius 1 is 1.06 bits per heavy atom. The van der Waals surface area contributed by atoms with E-state index in [4.69, 9.17) is 14.3 Å². The lowest BCUT2D eigenvalue weighted by atomic mass is 10.1. The second kappa shape index (κ2) is 11.8. The van der Waals surface area contributed by atoms with Gasteiger partial charge in [0.25, 0.3) is 0 Å². The summed E-state index contributed by atoms with van der Waals surface area (Å²) in [6.07, 6.45) is 1.91. The predicted octanol–water partition coefficient (Wildman–Crippen LogP) is 4.01. The van der Waals surface area contributed by atoms with Crippen LogP contribution in [-0.2, 0) is 26.7 Å². The number of aryl methyl sites for hydroxylation is 2. The zero-order valence-electron chi connectivity index (χ0n) is 19.5. The summed E-state index contributed by atoms with van der Waals surface area (Å²) in [7, 11) is -3.60. The lowest BCUT2D eigenvalue weighted by molar-refractivity contribution is 0.0374. The second-order valence-corrected chi connectivity index (χ2v) is 10.4. The molecule has 1 aliphatic heterocycles. The fourth-order valence-electron chi connectivity index (χ4n) is 3.90. The third-order valence-electron chi connectivity index (χ3n) is 5.92. The highest BCUT2D eigenvalue weighted by Gasteiger charge is 2.21. The third kappa shape index (κ3) is 6.91. The Bertz CT molecular complexity index is 1230. The molecule has 1 aromatic heterocycles. The number of nitrogens with zero attached hydrogens (tertiary/aromatic N) is 2. The summed E-state index contributed by atoms with van der Waals surface area (Å²) >= 11 is 0. The van der Waals surface area contributed by atoms with E-state index in [1.54, 1.807) is 31.2 Å². The molecule has 2 heterocycles. The van der Waals surface area contributed by atoms with Crippen molar-refractivity contribution in [2.24, 2.45) is 0 Å². The summed E-state index contributed by atoms with van der Waals surface area (Å²) in [6.45, 7) is 6.19. The van der Waals surface area contributed by atoms with Gasteiger partial charge in [0.1, 0.15) is 11.5 Å². The summed E-state index contributed by atoms with van der Waals surface area (Å²) in [5, 5.41) is 9.03. The highest BCUT2D eigenvalue weighted by molar-refractivity contribution is 7.90. The number of carboxylic acids is 1. The normalized spacial score (nSPS) is 14.4. The van der Waals surface area contributed by atoms with Crippen molar-refractivity contribution < 1.29 is 27.5 Å². The van der Waals surface area contributed by atoms with Crippen LogP contribution in [0.5, 0.6) is 0 Å². The molecule has 0 unspecified atom stereocenters. The molecule has 1 saturated heterocycles. The number of rotatable bonds is 9. The molecule has 3 aromatic rings. The summed E-state index contributed by atoms with van der Waals surface area (Å²) in [6, 6.07) is 13.1. The van der Waals surface area contributed by atoms with E-state index in [0.29, 0.717) is 17.0 Å². The van der Waals surface area contributed by atoms with Crippen LogP contribution in [0.3, 0.4) is 0 Å². The molecule has 0 atom stereocenters. The van der Waals surface area contributed by atoms with Gasteiger partial charge in [0, 0.05) is 18.7 Å². The zero-order valence-corrected chi connectivity index (χ0v) is 21.1. The number of aromatic nitrogens is 1. The molecule has 35 heavy (non-hydrogen) atoms. The first-order chi connectivity index (χ1) is 16.3. The van der Waals surface area contributed by atoms with Crippen LogP contribution in [0.2, 0.25) is 0 Å². The van der Waals surface area contributed by atoms with Gasteiger partial charge in [-0.15, -0.1) is 12.4 Å². The first-order valence-corrected chi connectivity index (χ1v) is 12.9. The molecule has 0 amide bonds. The number of hydrogen-bond donors (Lipinski definition) is 1. The van der Waals surface area contributed by atoms with Gasteiger partial charge in [0.05, 0.1) is 29.4 Å². The number of benzene rings is 2. The van der Waals surface area contributed by atoms with Gasteiger partial charge in [-0.3, -0.25) is 4.90 Å². The van der Waals surface area contributed by atoms with Crippen molar-refractivity contribution >= 4 is 28.2 Å². The molecule has 1 aliphatic rings. The van der Waals surface area contributed by atoms with E-state index in [1.165, 1.54) is 12.1 Å². The first kappa shape index (κ1) is 26.9. The van der Waals surface area contributed by atoms with Crippen LogP contribution in [0.4, 0.5) is 0 Å². The smallest absolute Gasteiger partial charge is 0.335 e. The molecular weight excluding hydrogens is 492 g/mol. The van der Waals surface area contributed by atoms with Crippen molar-refractivity contribution in [3.05, 3.63) is 71.1 Å². The van der Waals surface area contributed by atoms with Gasteiger partial charge in [-0.1, -0.05) is 12.1 Å². The average molecular weight is 521 g/mol. The fraction of sp³-hybridized carbons (Fsp3) is 0.360. The molecule has 8 nitrogen and oxygen atoms in total. The van der Waals surface area contributed by atoms with Crippen LogP contribution in [0.25, 0.3) is 11.5 Å². The third-order valence-corrected chi connectivity index (χ3v) is 7.57. The van der Waals surface area contributed by atoms with Crippen molar-refractivity contribution in [2.45, 2.75) is 30.4 Å². The topological polar surface area (TPSA) is 110 Å². The number of carboxylic acid groups (broad SMARTS) is 1. The van der Waals surface area contributed by atoms with E-state index in [9.17, 15) is 13.2 Å². The maximum atomic E-state index is 13.0. The summed E-state index contributed by atoms with van der Waals surface area (Å²) < 4.78 is 37.0. The fourth-order valence-corrected chi connectivity index (χ4v) is 5.24. The van der Waals surface area contributed by atoms with Crippen LogP contribution < -0.4 is 0 Å². The minimum absolute atomic E-state index is 0. The Balaban J connectivity index is 0.00000342. The maximum Gasteiger partial charge on any atom is 0.335 e. The van der Waals surface area contributed by atoms with E-state index in [1.807, 2.05) is 12.1 Å². The minimum Gasteiger partial charge on any atom is -0.478 e.